The van der Waals surface area contributed by atoms with Crippen molar-refractivity contribution in [2.75, 3.05) is 13.1 Å². The highest BCUT2D eigenvalue weighted by molar-refractivity contribution is 5.94. The van der Waals surface area contributed by atoms with Crippen LogP contribution in [0.25, 0.3) is 5.69 Å². The van der Waals surface area contributed by atoms with E-state index in [-0.39, 0.29) is 24.4 Å². The highest BCUT2D eigenvalue weighted by Crippen LogP contribution is 2.15. The largest absolute Gasteiger partial charge is 0.348 e. The smallest absolute Gasteiger partial charge is 0.251 e. The highest BCUT2D eigenvalue weighted by atomic mass is 35.5. The van der Waals surface area contributed by atoms with E-state index in [0.29, 0.717) is 5.56 Å². The molecular weight excluding hydrogens is 290 g/mol. The minimum absolute atomic E-state index is 0. The molecule has 0 radical (unpaired) electrons. The van der Waals surface area contributed by atoms with Crippen molar-refractivity contribution in [2.45, 2.75) is 19.4 Å². The Hall–Kier alpha value is -1.92. The normalized spacial score (nSPS) is 17.3. The number of nitrogens with one attached hydrogen (secondary N) is 2. The van der Waals surface area contributed by atoms with Crippen LogP contribution in [0.4, 0.5) is 0 Å². The highest BCUT2D eigenvalue weighted by Gasteiger charge is 2.18. The number of halogens is 1. The van der Waals surface area contributed by atoms with Gasteiger partial charge in [-0.1, -0.05) is 0 Å². The second-order valence-corrected chi connectivity index (χ2v) is 5.00. The van der Waals surface area contributed by atoms with Crippen molar-refractivity contribution in [1.82, 2.24) is 25.4 Å². The number of hydrogen-bond acceptors (Lipinski definition) is 4. The third kappa shape index (κ3) is 3.40. The predicted molar refractivity (Wildman–Crippen MR) is 82.1 cm³/mol. The molecule has 0 bridgehead atoms. The van der Waals surface area contributed by atoms with Crippen LogP contribution in [0.2, 0.25) is 0 Å². The lowest BCUT2D eigenvalue weighted by Gasteiger charge is -2.12. The van der Waals surface area contributed by atoms with Crippen LogP contribution in [0.1, 0.15) is 22.3 Å². The van der Waals surface area contributed by atoms with Gasteiger partial charge in [0.05, 0.1) is 5.69 Å². The van der Waals surface area contributed by atoms with Crippen LogP contribution < -0.4 is 10.6 Å². The van der Waals surface area contributed by atoms with Gasteiger partial charge in [-0.2, -0.15) is 5.10 Å². The zero-order valence-corrected chi connectivity index (χ0v) is 12.6. The van der Waals surface area contributed by atoms with Crippen molar-refractivity contribution in [2.24, 2.45) is 0 Å². The summed E-state index contributed by atoms with van der Waals surface area (Å²) in [5.74, 6) is -0.0214. The third-order valence-corrected chi connectivity index (χ3v) is 3.52. The summed E-state index contributed by atoms with van der Waals surface area (Å²) in [5, 5.41) is 10.4. The first kappa shape index (κ1) is 15.5. The second-order valence-electron chi connectivity index (χ2n) is 5.00. The van der Waals surface area contributed by atoms with E-state index in [1.54, 1.807) is 11.0 Å². The summed E-state index contributed by atoms with van der Waals surface area (Å²) < 4.78 is 1.69. The monoisotopic (exact) mass is 307 g/mol. The SMILES string of the molecule is Cc1cc(C(=O)NC2CCNC2)ccc1-n1cncn1.Cl. The molecule has 1 fully saturated rings. The fraction of sp³-hybridized carbons (Fsp3) is 0.357. The molecular formula is C14H18ClN5O. The summed E-state index contributed by atoms with van der Waals surface area (Å²) in [6.45, 7) is 3.78. The molecule has 1 aromatic heterocycles. The lowest BCUT2D eigenvalue weighted by molar-refractivity contribution is 0.0940. The van der Waals surface area contributed by atoms with E-state index in [1.165, 1.54) is 6.33 Å². The van der Waals surface area contributed by atoms with Gasteiger partial charge in [0.2, 0.25) is 0 Å². The molecule has 1 amide bonds. The molecule has 3 rings (SSSR count). The number of nitrogens with zero attached hydrogens (tertiary/aromatic N) is 3. The van der Waals surface area contributed by atoms with Gasteiger partial charge < -0.3 is 10.6 Å². The van der Waals surface area contributed by atoms with E-state index in [1.807, 2.05) is 25.1 Å². The molecule has 1 aliphatic heterocycles. The van der Waals surface area contributed by atoms with E-state index in [4.69, 9.17) is 0 Å². The summed E-state index contributed by atoms with van der Waals surface area (Å²) in [6, 6.07) is 5.83. The Morgan fingerprint density at radius 1 is 1.48 bits per heavy atom. The molecule has 1 atom stereocenters. The maximum absolute atomic E-state index is 12.2. The Labute approximate surface area is 129 Å². The van der Waals surface area contributed by atoms with E-state index in [2.05, 4.69) is 20.7 Å². The summed E-state index contributed by atoms with van der Waals surface area (Å²) >= 11 is 0. The van der Waals surface area contributed by atoms with Crippen LogP contribution >= 0.6 is 12.4 Å². The van der Waals surface area contributed by atoms with Gasteiger partial charge in [-0.15, -0.1) is 12.4 Å². The number of benzene rings is 1. The van der Waals surface area contributed by atoms with E-state index in [0.717, 1.165) is 30.8 Å². The maximum Gasteiger partial charge on any atom is 0.251 e. The molecule has 21 heavy (non-hydrogen) atoms. The van der Waals surface area contributed by atoms with Gasteiger partial charge in [-0.3, -0.25) is 4.79 Å². The quantitative estimate of drug-likeness (QED) is 0.890. The Morgan fingerprint density at radius 3 is 2.95 bits per heavy atom. The van der Waals surface area contributed by atoms with Crippen molar-refractivity contribution in [3.8, 4) is 5.69 Å². The minimum Gasteiger partial charge on any atom is -0.348 e. The fourth-order valence-corrected chi connectivity index (χ4v) is 2.43. The van der Waals surface area contributed by atoms with Gasteiger partial charge in [0.25, 0.3) is 5.91 Å². The second kappa shape index (κ2) is 6.69. The maximum atomic E-state index is 12.2. The minimum atomic E-state index is -0.0214. The van der Waals surface area contributed by atoms with Crippen LogP contribution in [-0.4, -0.2) is 39.8 Å². The molecule has 2 aromatic rings. The molecule has 0 spiro atoms. The molecule has 2 heterocycles. The topological polar surface area (TPSA) is 71.8 Å². The van der Waals surface area contributed by atoms with E-state index < -0.39 is 0 Å². The summed E-state index contributed by atoms with van der Waals surface area (Å²) in [5.41, 5.74) is 2.60. The number of rotatable bonds is 3. The molecule has 7 heteroatoms. The van der Waals surface area contributed by atoms with Gasteiger partial charge in [-0.25, -0.2) is 9.67 Å². The van der Waals surface area contributed by atoms with Crippen LogP contribution in [0.15, 0.2) is 30.9 Å². The van der Waals surface area contributed by atoms with Crippen molar-refractivity contribution in [3.63, 3.8) is 0 Å². The molecule has 1 aromatic carbocycles. The number of carbonyl (C=O) groups excluding carboxylic acids is 1. The Balaban J connectivity index is 0.00000161. The van der Waals surface area contributed by atoms with Gasteiger partial charge >= 0.3 is 0 Å². The lowest BCUT2D eigenvalue weighted by Crippen LogP contribution is -2.36. The van der Waals surface area contributed by atoms with Crippen molar-refractivity contribution in [3.05, 3.63) is 42.0 Å². The average molecular weight is 308 g/mol. The first-order chi connectivity index (χ1) is 9.74. The standard InChI is InChI=1S/C14H17N5O.ClH/c1-10-6-11(14(20)18-12-4-5-15-7-12)2-3-13(10)19-9-16-8-17-19;/h2-3,6,8-9,12,15H,4-5,7H2,1H3,(H,18,20);1H. The zero-order chi connectivity index (χ0) is 13.9. The third-order valence-electron chi connectivity index (χ3n) is 3.52. The average Bonchev–Trinajstić information content (AvgIpc) is 3.11. The van der Waals surface area contributed by atoms with Gasteiger partial charge in [0.1, 0.15) is 12.7 Å². The Bertz CT molecular complexity index is 608. The van der Waals surface area contributed by atoms with E-state index >= 15 is 0 Å². The first-order valence-corrected chi connectivity index (χ1v) is 6.71. The molecule has 0 saturated carbocycles. The van der Waals surface area contributed by atoms with Crippen LogP contribution in [0, 0.1) is 6.92 Å². The van der Waals surface area contributed by atoms with Gasteiger partial charge in [-0.05, 0) is 43.7 Å². The molecule has 1 saturated heterocycles. The lowest BCUT2D eigenvalue weighted by atomic mass is 10.1. The molecule has 1 unspecified atom stereocenters. The number of carbonyl (C=O) groups is 1. The van der Waals surface area contributed by atoms with Crippen LogP contribution in [-0.2, 0) is 0 Å². The fourth-order valence-electron chi connectivity index (χ4n) is 2.43. The molecule has 2 N–H and O–H groups in total. The number of aromatic nitrogens is 3. The predicted octanol–water partition coefficient (Wildman–Crippen LogP) is 1.09. The summed E-state index contributed by atoms with van der Waals surface area (Å²) in [6.07, 6.45) is 4.13. The number of amides is 1. The van der Waals surface area contributed by atoms with Gasteiger partial charge in [0, 0.05) is 18.2 Å². The van der Waals surface area contributed by atoms with Crippen LogP contribution in [0.5, 0.6) is 0 Å². The summed E-state index contributed by atoms with van der Waals surface area (Å²) in [7, 11) is 0. The molecule has 112 valence electrons. The Morgan fingerprint density at radius 2 is 2.33 bits per heavy atom. The van der Waals surface area contributed by atoms with Crippen molar-refractivity contribution < 1.29 is 4.79 Å². The van der Waals surface area contributed by atoms with Crippen molar-refractivity contribution >= 4 is 18.3 Å². The molecule has 0 aliphatic carbocycles. The van der Waals surface area contributed by atoms with Crippen LogP contribution in [0.3, 0.4) is 0 Å². The summed E-state index contributed by atoms with van der Waals surface area (Å²) in [4.78, 5) is 16.1. The molecule has 1 aliphatic rings. The number of aryl methyl sites for hydroxylation is 1. The first-order valence-electron chi connectivity index (χ1n) is 6.71. The zero-order valence-electron chi connectivity index (χ0n) is 11.7. The van der Waals surface area contributed by atoms with E-state index in [9.17, 15) is 4.79 Å². The van der Waals surface area contributed by atoms with Gasteiger partial charge in [0.15, 0.2) is 0 Å². The Kier molecular flexibility index (Phi) is 4.93. The number of hydrogen-bond donors (Lipinski definition) is 2. The molecule has 6 nitrogen and oxygen atoms in total. The van der Waals surface area contributed by atoms with Crippen molar-refractivity contribution in [1.29, 1.82) is 0 Å².